The highest BCUT2D eigenvalue weighted by Gasteiger charge is 2.39. The van der Waals surface area contributed by atoms with E-state index in [1.807, 2.05) is 4.90 Å². The molecule has 0 bridgehead atoms. The SMILES string of the molecule is CCC1(C)CCN(c2nnc(C(=O)N3CCCC3)n2CCC(C)(C)C2CC2)C1. The molecule has 1 aliphatic carbocycles. The summed E-state index contributed by atoms with van der Waals surface area (Å²) in [6.07, 6.45) is 8.32. The molecule has 0 N–H and O–H groups in total. The van der Waals surface area contributed by atoms with Crippen molar-refractivity contribution in [2.45, 2.75) is 79.2 Å². The molecule has 1 saturated carbocycles. The van der Waals surface area contributed by atoms with Gasteiger partial charge in [0.25, 0.3) is 5.91 Å². The average Bonchev–Trinajstić information content (AvgIpc) is 3.09. The molecule has 3 fully saturated rings. The third-order valence-corrected chi connectivity index (χ3v) is 7.67. The van der Waals surface area contributed by atoms with Crippen LogP contribution in [-0.4, -0.2) is 51.8 Å². The van der Waals surface area contributed by atoms with E-state index in [2.05, 4.69) is 47.4 Å². The van der Waals surface area contributed by atoms with Gasteiger partial charge in [-0.2, -0.15) is 0 Å². The molecule has 0 spiro atoms. The molecule has 0 aromatic carbocycles. The summed E-state index contributed by atoms with van der Waals surface area (Å²) in [6.45, 7) is 13.9. The number of hydrogen-bond donors (Lipinski definition) is 0. The molecule has 3 aliphatic rings. The van der Waals surface area contributed by atoms with Crippen LogP contribution in [0.15, 0.2) is 0 Å². The predicted octanol–water partition coefficient (Wildman–Crippen LogP) is 3.97. The predicted molar refractivity (Wildman–Crippen MR) is 112 cm³/mol. The van der Waals surface area contributed by atoms with Crippen LogP contribution in [0.1, 0.15) is 83.3 Å². The highest BCUT2D eigenvalue weighted by Crippen LogP contribution is 2.47. The lowest BCUT2D eigenvalue weighted by Gasteiger charge is -2.27. The summed E-state index contributed by atoms with van der Waals surface area (Å²) in [4.78, 5) is 17.5. The van der Waals surface area contributed by atoms with E-state index in [0.717, 1.165) is 63.9 Å². The van der Waals surface area contributed by atoms with Crippen LogP contribution in [0.3, 0.4) is 0 Å². The minimum Gasteiger partial charge on any atom is -0.340 e. The first kappa shape index (κ1) is 19.7. The van der Waals surface area contributed by atoms with E-state index in [1.54, 1.807) is 0 Å². The topological polar surface area (TPSA) is 54.3 Å². The van der Waals surface area contributed by atoms with E-state index in [4.69, 9.17) is 0 Å². The molecule has 6 heteroatoms. The number of aromatic nitrogens is 3. The fourth-order valence-corrected chi connectivity index (χ4v) is 4.91. The molecule has 0 radical (unpaired) electrons. The van der Waals surface area contributed by atoms with Crippen LogP contribution >= 0.6 is 0 Å². The van der Waals surface area contributed by atoms with Crippen molar-refractivity contribution < 1.29 is 4.79 Å². The Morgan fingerprint density at radius 1 is 1.18 bits per heavy atom. The minimum absolute atomic E-state index is 0.0675. The van der Waals surface area contributed by atoms with Gasteiger partial charge in [-0.05, 0) is 61.7 Å². The Morgan fingerprint density at radius 2 is 1.89 bits per heavy atom. The van der Waals surface area contributed by atoms with Crippen molar-refractivity contribution in [3.8, 4) is 0 Å². The number of amides is 1. The van der Waals surface area contributed by atoms with Gasteiger partial charge in [0.15, 0.2) is 0 Å². The number of carbonyl (C=O) groups is 1. The lowest BCUT2D eigenvalue weighted by molar-refractivity contribution is 0.0774. The Hall–Kier alpha value is -1.59. The van der Waals surface area contributed by atoms with Gasteiger partial charge >= 0.3 is 0 Å². The Bertz CT molecular complexity index is 717. The van der Waals surface area contributed by atoms with Gasteiger partial charge in [-0.3, -0.25) is 9.36 Å². The van der Waals surface area contributed by atoms with Crippen molar-refractivity contribution in [3.63, 3.8) is 0 Å². The van der Waals surface area contributed by atoms with Crippen molar-refractivity contribution >= 4 is 11.9 Å². The summed E-state index contributed by atoms with van der Waals surface area (Å²) in [5, 5.41) is 8.96. The summed E-state index contributed by atoms with van der Waals surface area (Å²) in [5.41, 5.74) is 0.654. The van der Waals surface area contributed by atoms with Gasteiger partial charge in [-0.25, -0.2) is 0 Å². The number of carbonyl (C=O) groups excluding carboxylic acids is 1. The molecule has 1 aromatic rings. The molecule has 6 nitrogen and oxygen atoms in total. The Morgan fingerprint density at radius 3 is 2.50 bits per heavy atom. The van der Waals surface area contributed by atoms with Crippen molar-refractivity contribution in [3.05, 3.63) is 5.82 Å². The van der Waals surface area contributed by atoms with Crippen LogP contribution in [0.4, 0.5) is 5.95 Å². The van der Waals surface area contributed by atoms with E-state index >= 15 is 0 Å². The standard InChI is InChI=1S/C22H37N5O/c1-5-22(4)11-14-26(16-22)20-24-23-18(19(28)25-12-6-7-13-25)27(20)15-10-21(2,3)17-8-9-17/h17H,5-16H2,1-4H3. The molecule has 1 amide bonds. The van der Waals surface area contributed by atoms with E-state index in [-0.39, 0.29) is 5.91 Å². The molecule has 1 atom stereocenters. The van der Waals surface area contributed by atoms with Crippen molar-refractivity contribution in [2.75, 3.05) is 31.1 Å². The molecule has 3 heterocycles. The van der Waals surface area contributed by atoms with Gasteiger partial charge in [0.1, 0.15) is 0 Å². The fourth-order valence-electron chi connectivity index (χ4n) is 4.91. The normalized spacial score (nSPS) is 25.7. The Labute approximate surface area is 169 Å². The van der Waals surface area contributed by atoms with E-state index in [1.165, 1.54) is 25.7 Å². The van der Waals surface area contributed by atoms with Gasteiger partial charge in [0.05, 0.1) is 0 Å². The maximum Gasteiger partial charge on any atom is 0.291 e. The number of hydrogen-bond acceptors (Lipinski definition) is 4. The summed E-state index contributed by atoms with van der Waals surface area (Å²) < 4.78 is 2.15. The largest absolute Gasteiger partial charge is 0.340 e. The highest BCUT2D eigenvalue weighted by molar-refractivity contribution is 5.91. The molecular formula is C22H37N5O. The third kappa shape index (κ3) is 3.79. The van der Waals surface area contributed by atoms with Gasteiger partial charge in [0.2, 0.25) is 11.8 Å². The first-order chi connectivity index (χ1) is 13.3. The smallest absolute Gasteiger partial charge is 0.291 e. The number of rotatable bonds is 7. The number of anilines is 1. The second-order valence-electron chi connectivity index (χ2n) is 10.3. The third-order valence-electron chi connectivity index (χ3n) is 7.67. The monoisotopic (exact) mass is 387 g/mol. The molecule has 28 heavy (non-hydrogen) atoms. The van der Waals surface area contributed by atoms with Crippen LogP contribution in [0.2, 0.25) is 0 Å². The molecule has 1 unspecified atom stereocenters. The minimum atomic E-state index is 0.0675. The molecule has 4 rings (SSSR count). The van der Waals surface area contributed by atoms with Crippen molar-refractivity contribution in [1.82, 2.24) is 19.7 Å². The number of likely N-dealkylation sites (tertiary alicyclic amines) is 1. The zero-order chi connectivity index (χ0) is 19.9. The van der Waals surface area contributed by atoms with E-state index in [0.29, 0.717) is 16.7 Å². The fraction of sp³-hybridized carbons (Fsp3) is 0.864. The van der Waals surface area contributed by atoms with Gasteiger partial charge in [0, 0.05) is 32.7 Å². The maximum absolute atomic E-state index is 13.1. The first-order valence-corrected chi connectivity index (χ1v) is 11.3. The zero-order valence-corrected chi connectivity index (χ0v) is 18.2. The van der Waals surface area contributed by atoms with Crippen LogP contribution in [0.25, 0.3) is 0 Å². The zero-order valence-electron chi connectivity index (χ0n) is 18.2. The Kier molecular flexibility index (Phi) is 5.17. The van der Waals surface area contributed by atoms with Gasteiger partial charge < -0.3 is 9.80 Å². The summed E-state index contributed by atoms with van der Waals surface area (Å²) in [5.74, 6) is 2.36. The van der Waals surface area contributed by atoms with Crippen molar-refractivity contribution in [2.24, 2.45) is 16.7 Å². The summed E-state index contributed by atoms with van der Waals surface area (Å²) in [6, 6.07) is 0. The van der Waals surface area contributed by atoms with Crippen LogP contribution in [0, 0.1) is 16.7 Å². The molecule has 2 aliphatic heterocycles. The van der Waals surface area contributed by atoms with Crippen LogP contribution in [0.5, 0.6) is 0 Å². The van der Waals surface area contributed by atoms with Gasteiger partial charge in [-0.1, -0.05) is 27.7 Å². The van der Waals surface area contributed by atoms with Crippen molar-refractivity contribution in [1.29, 1.82) is 0 Å². The first-order valence-electron chi connectivity index (χ1n) is 11.3. The second-order valence-corrected chi connectivity index (χ2v) is 10.3. The quantitative estimate of drug-likeness (QED) is 0.710. The molecule has 2 saturated heterocycles. The van der Waals surface area contributed by atoms with E-state index in [9.17, 15) is 4.79 Å². The molecule has 1 aromatic heterocycles. The summed E-state index contributed by atoms with van der Waals surface area (Å²) in [7, 11) is 0. The average molecular weight is 388 g/mol. The lowest BCUT2D eigenvalue weighted by atomic mass is 9.84. The maximum atomic E-state index is 13.1. The second kappa shape index (κ2) is 7.34. The highest BCUT2D eigenvalue weighted by atomic mass is 16.2. The summed E-state index contributed by atoms with van der Waals surface area (Å²) >= 11 is 0. The molecular weight excluding hydrogens is 350 g/mol. The molecule has 156 valence electrons. The lowest BCUT2D eigenvalue weighted by Crippen LogP contribution is -2.32. The Balaban J connectivity index is 1.59. The van der Waals surface area contributed by atoms with E-state index < -0.39 is 0 Å². The van der Waals surface area contributed by atoms with Gasteiger partial charge in [-0.15, -0.1) is 10.2 Å². The van der Waals surface area contributed by atoms with Crippen LogP contribution < -0.4 is 4.90 Å². The number of nitrogens with zero attached hydrogens (tertiary/aromatic N) is 5. The van der Waals surface area contributed by atoms with Crippen LogP contribution in [-0.2, 0) is 6.54 Å².